The largest absolute Gasteiger partial charge is 0.366 e. The molecule has 1 saturated heterocycles. The maximum absolute atomic E-state index is 12.0. The molecule has 0 saturated carbocycles. The first-order valence-corrected chi connectivity index (χ1v) is 9.06. The molecule has 3 rings (SSSR count). The molecule has 25 heavy (non-hydrogen) atoms. The lowest BCUT2D eigenvalue weighted by molar-refractivity contribution is 0.402. The topological polar surface area (TPSA) is 57.5 Å². The molecule has 0 bridgehead atoms. The Morgan fingerprint density at radius 2 is 1.80 bits per heavy atom. The summed E-state index contributed by atoms with van der Waals surface area (Å²) >= 11 is 3.41. The van der Waals surface area contributed by atoms with Gasteiger partial charge in [0.25, 0.3) is 5.56 Å². The van der Waals surface area contributed by atoms with Crippen molar-refractivity contribution in [1.82, 2.24) is 19.7 Å². The summed E-state index contributed by atoms with van der Waals surface area (Å²) < 4.78 is 1.91. The second-order valence-electron chi connectivity index (χ2n) is 6.51. The first-order valence-electron chi connectivity index (χ1n) is 8.27. The maximum atomic E-state index is 12.0. The van der Waals surface area contributed by atoms with Crippen LogP contribution in [-0.4, -0.2) is 59.9 Å². The van der Waals surface area contributed by atoms with Crippen LogP contribution in [-0.2, 0) is 13.6 Å². The summed E-state index contributed by atoms with van der Waals surface area (Å²) in [5.41, 5.74) is 1.96. The number of hydrogen-bond donors (Lipinski definition) is 0. The van der Waals surface area contributed by atoms with Gasteiger partial charge >= 0.3 is 0 Å². The molecule has 7 nitrogen and oxygen atoms in total. The number of hydrogen-bond acceptors (Lipinski definition) is 6. The van der Waals surface area contributed by atoms with E-state index in [0.29, 0.717) is 4.47 Å². The molecule has 134 valence electrons. The van der Waals surface area contributed by atoms with E-state index in [1.807, 2.05) is 6.20 Å². The maximum Gasteiger partial charge on any atom is 0.282 e. The fourth-order valence-electron chi connectivity index (χ4n) is 2.96. The Kier molecular flexibility index (Phi) is 5.39. The molecule has 0 radical (unpaired) electrons. The van der Waals surface area contributed by atoms with E-state index in [2.05, 4.69) is 66.9 Å². The molecule has 0 amide bonds. The molecular formula is C17H23BrN6O. The summed E-state index contributed by atoms with van der Waals surface area (Å²) in [4.78, 5) is 23.2. The molecule has 3 heterocycles. The van der Waals surface area contributed by atoms with E-state index < -0.39 is 0 Å². The Morgan fingerprint density at radius 3 is 2.40 bits per heavy atom. The van der Waals surface area contributed by atoms with Crippen LogP contribution in [0.1, 0.15) is 5.56 Å². The standard InChI is InChI=1S/C17H23BrN6O/c1-21(2)12-13-4-5-15(19-10-13)24-8-6-23(7-9-24)14-11-20-22(3)17(25)16(14)18/h4-5,10-11H,6-9,12H2,1-3H3. The van der Waals surface area contributed by atoms with Gasteiger partial charge in [0.1, 0.15) is 10.3 Å². The van der Waals surface area contributed by atoms with Crippen molar-refractivity contribution in [3.8, 4) is 0 Å². The summed E-state index contributed by atoms with van der Waals surface area (Å²) in [7, 11) is 5.76. The summed E-state index contributed by atoms with van der Waals surface area (Å²) in [5, 5.41) is 4.13. The predicted molar refractivity (Wildman–Crippen MR) is 103 cm³/mol. The average molecular weight is 407 g/mol. The van der Waals surface area contributed by atoms with Crippen molar-refractivity contribution in [2.24, 2.45) is 7.05 Å². The molecule has 8 heteroatoms. The van der Waals surface area contributed by atoms with Crippen LogP contribution >= 0.6 is 15.9 Å². The van der Waals surface area contributed by atoms with Crippen molar-refractivity contribution in [3.05, 3.63) is 44.9 Å². The van der Waals surface area contributed by atoms with Crippen LogP contribution in [0.25, 0.3) is 0 Å². The SMILES string of the molecule is CN(C)Cc1ccc(N2CCN(c3cnn(C)c(=O)c3Br)CC2)nc1. The zero-order chi connectivity index (χ0) is 18.0. The van der Waals surface area contributed by atoms with E-state index in [4.69, 9.17) is 0 Å². The van der Waals surface area contributed by atoms with Crippen LogP contribution in [0, 0.1) is 0 Å². The molecule has 1 aliphatic rings. The zero-order valence-corrected chi connectivity index (χ0v) is 16.4. The third-order valence-electron chi connectivity index (χ3n) is 4.31. The fraction of sp³-hybridized carbons (Fsp3) is 0.471. The normalized spacial score (nSPS) is 15.1. The Morgan fingerprint density at radius 1 is 1.12 bits per heavy atom. The minimum atomic E-state index is -0.113. The molecule has 2 aromatic heterocycles. The number of aryl methyl sites for hydroxylation is 1. The predicted octanol–water partition coefficient (Wildman–Crippen LogP) is 1.33. The van der Waals surface area contributed by atoms with E-state index in [0.717, 1.165) is 44.2 Å². The van der Waals surface area contributed by atoms with Gasteiger partial charge < -0.3 is 14.7 Å². The van der Waals surface area contributed by atoms with Gasteiger partial charge in [-0.25, -0.2) is 9.67 Å². The summed E-state index contributed by atoms with van der Waals surface area (Å²) in [6, 6.07) is 4.22. The van der Waals surface area contributed by atoms with Gasteiger partial charge in [-0.05, 0) is 41.7 Å². The van der Waals surface area contributed by atoms with E-state index >= 15 is 0 Å². The quantitative estimate of drug-likeness (QED) is 0.763. The minimum absolute atomic E-state index is 0.113. The summed E-state index contributed by atoms with van der Waals surface area (Å²) in [6.07, 6.45) is 3.69. The van der Waals surface area contributed by atoms with Crippen LogP contribution < -0.4 is 15.4 Å². The molecule has 1 aliphatic heterocycles. The van der Waals surface area contributed by atoms with Crippen LogP contribution in [0.5, 0.6) is 0 Å². The van der Waals surface area contributed by atoms with Crippen LogP contribution in [0.2, 0.25) is 0 Å². The highest BCUT2D eigenvalue weighted by atomic mass is 79.9. The molecule has 0 spiro atoms. The van der Waals surface area contributed by atoms with E-state index in [-0.39, 0.29) is 5.56 Å². The average Bonchev–Trinajstić information content (AvgIpc) is 2.60. The van der Waals surface area contributed by atoms with Crippen LogP contribution in [0.4, 0.5) is 11.5 Å². The first kappa shape index (κ1) is 17.9. The molecule has 2 aromatic rings. The highest BCUT2D eigenvalue weighted by Crippen LogP contribution is 2.24. The van der Waals surface area contributed by atoms with Gasteiger partial charge in [0.05, 0.1) is 11.9 Å². The lowest BCUT2D eigenvalue weighted by Gasteiger charge is -2.36. The van der Waals surface area contributed by atoms with Crippen molar-refractivity contribution in [2.45, 2.75) is 6.54 Å². The van der Waals surface area contributed by atoms with Gasteiger partial charge in [0, 0.05) is 46.0 Å². The second-order valence-corrected chi connectivity index (χ2v) is 7.30. The van der Waals surface area contributed by atoms with Crippen LogP contribution in [0.15, 0.2) is 33.8 Å². The minimum Gasteiger partial charge on any atom is -0.366 e. The number of halogens is 1. The highest BCUT2D eigenvalue weighted by Gasteiger charge is 2.21. The summed E-state index contributed by atoms with van der Waals surface area (Å²) in [5.74, 6) is 1.00. The molecular weight excluding hydrogens is 384 g/mol. The van der Waals surface area contributed by atoms with Gasteiger partial charge in [-0.15, -0.1) is 0 Å². The molecule has 0 aliphatic carbocycles. The Bertz CT molecular complexity index is 781. The van der Waals surface area contributed by atoms with Gasteiger partial charge in [0.15, 0.2) is 0 Å². The number of nitrogens with zero attached hydrogens (tertiary/aromatic N) is 6. The number of anilines is 2. The van der Waals surface area contributed by atoms with Crippen molar-refractivity contribution >= 4 is 27.4 Å². The number of aromatic nitrogens is 3. The molecule has 0 unspecified atom stereocenters. The number of rotatable bonds is 4. The van der Waals surface area contributed by atoms with Crippen molar-refractivity contribution in [2.75, 3.05) is 50.1 Å². The van der Waals surface area contributed by atoms with Gasteiger partial charge in [-0.1, -0.05) is 6.07 Å². The lowest BCUT2D eigenvalue weighted by atomic mass is 10.2. The van der Waals surface area contributed by atoms with E-state index in [9.17, 15) is 4.79 Å². The third-order valence-corrected chi connectivity index (χ3v) is 5.06. The fourth-order valence-corrected chi connectivity index (χ4v) is 3.57. The Balaban J connectivity index is 1.66. The molecule has 0 atom stereocenters. The second kappa shape index (κ2) is 7.53. The van der Waals surface area contributed by atoms with E-state index in [1.54, 1.807) is 13.2 Å². The Hall–Kier alpha value is -1.93. The van der Waals surface area contributed by atoms with Crippen molar-refractivity contribution in [3.63, 3.8) is 0 Å². The Labute approximate surface area is 156 Å². The lowest BCUT2D eigenvalue weighted by Crippen LogP contribution is -2.47. The highest BCUT2D eigenvalue weighted by molar-refractivity contribution is 9.10. The molecule has 0 N–H and O–H groups in total. The number of piperazine rings is 1. The zero-order valence-electron chi connectivity index (χ0n) is 14.8. The first-order chi connectivity index (χ1) is 12.0. The monoisotopic (exact) mass is 406 g/mol. The van der Waals surface area contributed by atoms with Gasteiger partial charge in [0.2, 0.25) is 0 Å². The molecule has 0 aromatic carbocycles. The van der Waals surface area contributed by atoms with Crippen molar-refractivity contribution in [1.29, 1.82) is 0 Å². The van der Waals surface area contributed by atoms with Crippen LogP contribution in [0.3, 0.4) is 0 Å². The van der Waals surface area contributed by atoms with Gasteiger partial charge in [-0.2, -0.15) is 5.10 Å². The van der Waals surface area contributed by atoms with Crippen molar-refractivity contribution < 1.29 is 0 Å². The summed E-state index contributed by atoms with van der Waals surface area (Å²) in [6.45, 7) is 4.28. The molecule has 1 fully saturated rings. The van der Waals surface area contributed by atoms with E-state index in [1.165, 1.54) is 10.2 Å². The smallest absolute Gasteiger partial charge is 0.282 e. The third kappa shape index (κ3) is 4.01. The van der Waals surface area contributed by atoms with Gasteiger partial charge in [-0.3, -0.25) is 4.79 Å². The number of pyridine rings is 1.